The topological polar surface area (TPSA) is 66.5 Å². The Bertz CT molecular complexity index is 497. The largest absolute Gasteiger partial charge is 0.364 e. The van der Waals surface area contributed by atoms with Gasteiger partial charge in [-0.15, -0.1) is 0 Å². The Morgan fingerprint density at radius 1 is 0.842 bits per heavy atom. The van der Waals surface area contributed by atoms with Crippen molar-refractivity contribution in [3.05, 3.63) is 71.8 Å². The van der Waals surface area contributed by atoms with Gasteiger partial charge in [-0.25, -0.2) is 0 Å². The van der Waals surface area contributed by atoms with Crippen LogP contribution in [-0.4, -0.2) is 22.0 Å². The van der Waals surface area contributed by atoms with Crippen molar-refractivity contribution in [2.24, 2.45) is 5.73 Å². The first-order valence-electron chi connectivity index (χ1n) is 6.36. The highest BCUT2D eigenvalue weighted by atomic mass is 16.5. The summed E-state index contributed by atoms with van der Waals surface area (Å²) in [4.78, 5) is 0. The molecule has 0 bridgehead atoms. The molecule has 19 heavy (non-hydrogen) atoms. The smallest absolute Gasteiger partial charge is 0.182 e. The quantitative estimate of drug-likeness (QED) is 0.711. The molecule has 3 heteroatoms. The van der Waals surface area contributed by atoms with E-state index in [9.17, 15) is 10.2 Å². The second-order valence-corrected chi connectivity index (χ2v) is 4.84. The van der Waals surface area contributed by atoms with Crippen LogP contribution in [-0.2, 0) is 12.8 Å². The van der Waals surface area contributed by atoms with Gasteiger partial charge in [-0.05, 0) is 17.5 Å². The van der Waals surface area contributed by atoms with Gasteiger partial charge in [0.1, 0.15) is 0 Å². The summed E-state index contributed by atoms with van der Waals surface area (Å²) in [6, 6.07) is 18.2. The van der Waals surface area contributed by atoms with Gasteiger partial charge in [0.05, 0.1) is 6.04 Å². The van der Waals surface area contributed by atoms with E-state index in [1.54, 1.807) is 0 Å². The third kappa shape index (κ3) is 3.89. The summed E-state index contributed by atoms with van der Waals surface area (Å²) in [5, 5.41) is 20.3. The second-order valence-electron chi connectivity index (χ2n) is 4.84. The molecule has 0 aliphatic carbocycles. The molecule has 2 rings (SSSR count). The van der Waals surface area contributed by atoms with E-state index in [1.165, 1.54) is 0 Å². The monoisotopic (exact) mass is 257 g/mol. The summed E-state index contributed by atoms with van der Waals surface area (Å²) < 4.78 is 0. The van der Waals surface area contributed by atoms with Crippen LogP contribution >= 0.6 is 0 Å². The molecule has 0 saturated carbocycles. The summed E-state index contributed by atoms with van der Waals surface area (Å²) in [6.07, 6.45) is 0.558. The van der Waals surface area contributed by atoms with Gasteiger partial charge >= 0.3 is 0 Å². The van der Waals surface area contributed by atoms with E-state index < -0.39 is 11.8 Å². The average molecular weight is 257 g/mol. The summed E-state index contributed by atoms with van der Waals surface area (Å²) in [6.45, 7) is 0. The fourth-order valence-electron chi connectivity index (χ4n) is 2.06. The van der Waals surface area contributed by atoms with Crippen LogP contribution in [0.5, 0.6) is 0 Å². The average Bonchev–Trinajstić information content (AvgIpc) is 2.40. The van der Waals surface area contributed by atoms with Gasteiger partial charge < -0.3 is 15.9 Å². The number of aliphatic hydroxyl groups is 2. The molecule has 0 fully saturated rings. The zero-order valence-corrected chi connectivity index (χ0v) is 10.7. The molecule has 0 aromatic heterocycles. The van der Waals surface area contributed by atoms with Crippen LogP contribution < -0.4 is 5.73 Å². The first-order valence-corrected chi connectivity index (χ1v) is 6.36. The molecule has 4 N–H and O–H groups in total. The highest BCUT2D eigenvalue weighted by Gasteiger charge is 2.31. The van der Waals surface area contributed by atoms with E-state index in [1.807, 2.05) is 60.7 Å². The van der Waals surface area contributed by atoms with Gasteiger partial charge in [-0.3, -0.25) is 0 Å². The van der Waals surface area contributed by atoms with E-state index >= 15 is 0 Å². The zero-order valence-electron chi connectivity index (χ0n) is 10.7. The third-order valence-electron chi connectivity index (χ3n) is 3.20. The van der Waals surface area contributed by atoms with Crippen LogP contribution in [0.3, 0.4) is 0 Å². The van der Waals surface area contributed by atoms with Gasteiger partial charge in [-0.2, -0.15) is 0 Å². The van der Waals surface area contributed by atoms with Gasteiger partial charge in [0.2, 0.25) is 0 Å². The molecule has 0 aliphatic heterocycles. The van der Waals surface area contributed by atoms with Crippen LogP contribution in [0.25, 0.3) is 0 Å². The molecule has 0 heterocycles. The third-order valence-corrected chi connectivity index (χ3v) is 3.20. The lowest BCUT2D eigenvalue weighted by Crippen LogP contribution is -2.50. The fraction of sp³-hybridized carbons (Fsp3) is 0.250. The normalized spacial score (nSPS) is 13.2. The van der Waals surface area contributed by atoms with Gasteiger partial charge in [0.15, 0.2) is 5.79 Å². The van der Waals surface area contributed by atoms with Crippen LogP contribution in [0.2, 0.25) is 0 Å². The lowest BCUT2D eigenvalue weighted by atomic mass is 9.94. The Kier molecular flexibility index (Phi) is 4.32. The van der Waals surface area contributed by atoms with E-state index in [0.29, 0.717) is 6.42 Å². The van der Waals surface area contributed by atoms with Crippen molar-refractivity contribution in [2.45, 2.75) is 24.7 Å². The highest BCUT2D eigenvalue weighted by molar-refractivity contribution is 5.19. The summed E-state index contributed by atoms with van der Waals surface area (Å²) >= 11 is 0. The Morgan fingerprint density at radius 3 is 1.84 bits per heavy atom. The van der Waals surface area contributed by atoms with Crippen molar-refractivity contribution >= 4 is 0 Å². The van der Waals surface area contributed by atoms with E-state index in [-0.39, 0.29) is 6.42 Å². The van der Waals surface area contributed by atoms with Gasteiger partial charge in [0.25, 0.3) is 0 Å². The first kappa shape index (κ1) is 13.7. The number of nitrogens with two attached hydrogens (primary N) is 1. The minimum absolute atomic E-state index is 0.127. The lowest BCUT2D eigenvalue weighted by molar-refractivity contribution is -0.174. The molecule has 1 unspecified atom stereocenters. The predicted molar refractivity (Wildman–Crippen MR) is 75.4 cm³/mol. The maximum atomic E-state index is 10.1. The Balaban J connectivity index is 2.02. The van der Waals surface area contributed by atoms with Crippen LogP contribution in [0, 0.1) is 0 Å². The molecule has 0 radical (unpaired) electrons. The molecular formula is C16H19NO2. The van der Waals surface area contributed by atoms with Crippen molar-refractivity contribution in [3.8, 4) is 0 Å². The molecule has 0 saturated heterocycles. The number of benzene rings is 2. The fourth-order valence-corrected chi connectivity index (χ4v) is 2.06. The Labute approximate surface area is 113 Å². The van der Waals surface area contributed by atoms with Gasteiger partial charge in [0, 0.05) is 6.42 Å². The summed E-state index contributed by atoms with van der Waals surface area (Å²) in [7, 11) is 0. The molecule has 0 amide bonds. The Morgan fingerprint density at radius 2 is 1.32 bits per heavy atom. The summed E-state index contributed by atoms with van der Waals surface area (Å²) in [5.41, 5.74) is 7.78. The molecule has 0 aliphatic rings. The minimum atomic E-state index is -1.91. The summed E-state index contributed by atoms with van der Waals surface area (Å²) in [5.74, 6) is -1.91. The molecule has 1 atom stereocenters. The van der Waals surface area contributed by atoms with Crippen LogP contribution in [0.4, 0.5) is 0 Å². The molecule has 100 valence electrons. The molecule has 3 nitrogen and oxygen atoms in total. The molecule has 2 aromatic rings. The molecule has 2 aromatic carbocycles. The lowest BCUT2D eigenvalue weighted by Gasteiger charge is -2.28. The van der Waals surface area contributed by atoms with Gasteiger partial charge in [-0.1, -0.05) is 60.7 Å². The zero-order chi connectivity index (χ0) is 13.7. The SMILES string of the molecule is NC(Cc1ccccc1)C(O)(O)Cc1ccccc1. The number of hydrogen-bond acceptors (Lipinski definition) is 3. The van der Waals surface area contributed by atoms with E-state index in [0.717, 1.165) is 11.1 Å². The van der Waals surface area contributed by atoms with Crippen LogP contribution in [0.1, 0.15) is 11.1 Å². The van der Waals surface area contributed by atoms with Crippen molar-refractivity contribution in [1.82, 2.24) is 0 Å². The molecular weight excluding hydrogens is 238 g/mol. The predicted octanol–water partition coefficient (Wildman–Crippen LogP) is 1.48. The maximum Gasteiger partial charge on any atom is 0.182 e. The molecule has 0 spiro atoms. The maximum absolute atomic E-state index is 10.1. The Hall–Kier alpha value is -1.68. The van der Waals surface area contributed by atoms with Crippen LogP contribution in [0.15, 0.2) is 60.7 Å². The van der Waals surface area contributed by atoms with E-state index in [2.05, 4.69) is 0 Å². The van der Waals surface area contributed by atoms with Crippen molar-refractivity contribution in [3.63, 3.8) is 0 Å². The minimum Gasteiger partial charge on any atom is -0.364 e. The highest BCUT2D eigenvalue weighted by Crippen LogP contribution is 2.16. The number of rotatable bonds is 5. The van der Waals surface area contributed by atoms with Crippen molar-refractivity contribution in [1.29, 1.82) is 0 Å². The first-order chi connectivity index (χ1) is 9.08. The number of hydrogen-bond donors (Lipinski definition) is 3. The van der Waals surface area contributed by atoms with E-state index in [4.69, 9.17) is 5.73 Å². The standard InChI is InChI=1S/C16H19NO2/c17-15(11-13-7-3-1-4-8-13)16(18,19)12-14-9-5-2-6-10-14/h1-10,15,18-19H,11-12,17H2. The second kappa shape index (κ2) is 5.97. The van der Waals surface area contributed by atoms with Crippen molar-refractivity contribution < 1.29 is 10.2 Å². The van der Waals surface area contributed by atoms with Crippen molar-refractivity contribution in [2.75, 3.05) is 0 Å².